The third-order valence-electron chi connectivity index (χ3n) is 5.12. The SMILES string of the molecule is CCOc1cc(CNCCc2ccc(S(N)(=O)=O)cc2)ccc1OCc1ccccc1C. The molecule has 3 rings (SSSR count). The largest absolute Gasteiger partial charge is 0.490 e. The van der Waals surface area contributed by atoms with Crippen LogP contribution in [-0.4, -0.2) is 21.6 Å². The number of aryl methyl sites for hydroxylation is 1. The predicted molar refractivity (Wildman–Crippen MR) is 126 cm³/mol. The summed E-state index contributed by atoms with van der Waals surface area (Å²) in [7, 11) is -3.65. The first kappa shape index (κ1) is 23.8. The van der Waals surface area contributed by atoms with Crippen LogP contribution in [0.15, 0.2) is 71.6 Å². The van der Waals surface area contributed by atoms with Crippen molar-refractivity contribution in [1.29, 1.82) is 0 Å². The van der Waals surface area contributed by atoms with E-state index in [-0.39, 0.29) is 4.90 Å². The zero-order valence-corrected chi connectivity index (χ0v) is 19.3. The fraction of sp³-hybridized carbons (Fsp3) is 0.280. The lowest BCUT2D eigenvalue weighted by Crippen LogP contribution is -2.17. The second-order valence-electron chi connectivity index (χ2n) is 7.54. The number of nitrogens with one attached hydrogen (secondary N) is 1. The summed E-state index contributed by atoms with van der Waals surface area (Å²) in [5.74, 6) is 1.47. The van der Waals surface area contributed by atoms with E-state index < -0.39 is 10.0 Å². The lowest BCUT2D eigenvalue weighted by Gasteiger charge is -2.15. The van der Waals surface area contributed by atoms with Crippen molar-refractivity contribution in [3.05, 3.63) is 89.0 Å². The van der Waals surface area contributed by atoms with Gasteiger partial charge in [0.25, 0.3) is 0 Å². The van der Waals surface area contributed by atoms with E-state index in [2.05, 4.69) is 24.4 Å². The highest BCUT2D eigenvalue weighted by Gasteiger charge is 2.09. The molecule has 0 radical (unpaired) electrons. The van der Waals surface area contributed by atoms with Crippen LogP contribution < -0.4 is 19.9 Å². The van der Waals surface area contributed by atoms with Crippen LogP contribution in [-0.2, 0) is 29.6 Å². The van der Waals surface area contributed by atoms with Crippen molar-refractivity contribution < 1.29 is 17.9 Å². The molecular formula is C25H30N2O4S. The van der Waals surface area contributed by atoms with Crippen molar-refractivity contribution in [3.63, 3.8) is 0 Å². The monoisotopic (exact) mass is 454 g/mol. The minimum Gasteiger partial charge on any atom is -0.490 e. The molecule has 0 heterocycles. The van der Waals surface area contributed by atoms with Gasteiger partial charge in [-0.3, -0.25) is 0 Å². The van der Waals surface area contributed by atoms with Crippen LogP contribution in [0, 0.1) is 6.92 Å². The molecule has 0 amide bonds. The number of rotatable bonds is 11. The maximum absolute atomic E-state index is 11.3. The topological polar surface area (TPSA) is 90.6 Å². The summed E-state index contributed by atoms with van der Waals surface area (Å²) in [4.78, 5) is 0.127. The van der Waals surface area contributed by atoms with Gasteiger partial charge in [0.15, 0.2) is 11.5 Å². The van der Waals surface area contributed by atoms with Crippen molar-refractivity contribution in [1.82, 2.24) is 5.32 Å². The van der Waals surface area contributed by atoms with E-state index in [4.69, 9.17) is 14.6 Å². The number of hydrogen-bond donors (Lipinski definition) is 2. The fourth-order valence-electron chi connectivity index (χ4n) is 3.29. The summed E-state index contributed by atoms with van der Waals surface area (Å²) in [6.07, 6.45) is 0.779. The Balaban J connectivity index is 1.54. The molecule has 0 bridgehead atoms. The summed E-state index contributed by atoms with van der Waals surface area (Å²) in [6.45, 7) is 6.53. The molecule has 32 heavy (non-hydrogen) atoms. The van der Waals surface area contributed by atoms with E-state index >= 15 is 0 Å². The average molecular weight is 455 g/mol. The Morgan fingerprint density at radius 1 is 0.906 bits per heavy atom. The Morgan fingerprint density at radius 2 is 1.62 bits per heavy atom. The second-order valence-corrected chi connectivity index (χ2v) is 9.11. The molecule has 7 heteroatoms. The van der Waals surface area contributed by atoms with Crippen molar-refractivity contribution in [2.45, 2.75) is 38.3 Å². The van der Waals surface area contributed by atoms with Gasteiger partial charge in [0.05, 0.1) is 11.5 Å². The number of primary sulfonamides is 1. The third-order valence-corrected chi connectivity index (χ3v) is 6.05. The summed E-state index contributed by atoms with van der Waals surface area (Å²) in [6, 6.07) is 20.8. The summed E-state index contributed by atoms with van der Waals surface area (Å²) >= 11 is 0. The highest BCUT2D eigenvalue weighted by molar-refractivity contribution is 7.89. The highest BCUT2D eigenvalue weighted by Crippen LogP contribution is 2.29. The van der Waals surface area contributed by atoms with Gasteiger partial charge in [-0.1, -0.05) is 42.5 Å². The Labute approximate surface area is 190 Å². The van der Waals surface area contributed by atoms with Crippen LogP contribution in [0.1, 0.15) is 29.2 Å². The summed E-state index contributed by atoms with van der Waals surface area (Å²) in [5.41, 5.74) is 4.49. The molecule has 0 spiro atoms. The van der Waals surface area contributed by atoms with Gasteiger partial charge in [0, 0.05) is 6.54 Å². The average Bonchev–Trinajstić information content (AvgIpc) is 2.77. The van der Waals surface area contributed by atoms with Gasteiger partial charge >= 0.3 is 0 Å². The smallest absolute Gasteiger partial charge is 0.238 e. The maximum atomic E-state index is 11.3. The molecule has 0 aliphatic heterocycles. The standard InChI is InChI=1S/C25H30N2O4S/c1-3-30-25-16-21(10-13-24(25)31-18-22-7-5-4-6-19(22)2)17-27-15-14-20-8-11-23(12-9-20)32(26,28)29/h4-13,16,27H,3,14-15,17-18H2,1-2H3,(H2,26,28,29). The van der Waals surface area contributed by atoms with Crippen molar-refractivity contribution in [2.24, 2.45) is 5.14 Å². The molecule has 0 aliphatic carbocycles. The molecule has 3 aromatic rings. The Hall–Kier alpha value is -2.87. The Morgan fingerprint density at radius 3 is 2.31 bits per heavy atom. The van der Waals surface area contributed by atoms with E-state index in [0.717, 1.165) is 41.2 Å². The lowest BCUT2D eigenvalue weighted by atomic mass is 10.1. The molecule has 6 nitrogen and oxygen atoms in total. The molecule has 3 aromatic carbocycles. The number of nitrogens with two attached hydrogens (primary N) is 1. The van der Waals surface area contributed by atoms with Gasteiger partial charge in [-0.15, -0.1) is 0 Å². The van der Waals surface area contributed by atoms with E-state index in [0.29, 0.717) is 19.8 Å². The van der Waals surface area contributed by atoms with Crippen LogP contribution >= 0.6 is 0 Å². The first-order valence-electron chi connectivity index (χ1n) is 10.6. The van der Waals surface area contributed by atoms with E-state index in [1.807, 2.05) is 37.3 Å². The van der Waals surface area contributed by atoms with Crippen LogP contribution in [0.3, 0.4) is 0 Å². The molecule has 0 atom stereocenters. The van der Waals surface area contributed by atoms with Crippen LogP contribution in [0.5, 0.6) is 11.5 Å². The lowest BCUT2D eigenvalue weighted by molar-refractivity contribution is 0.268. The molecule has 0 unspecified atom stereocenters. The van der Waals surface area contributed by atoms with E-state index in [1.54, 1.807) is 12.1 Å². The van der Waals surface area contributed by atoms with Crippen LogP contribution in [0.25, 0.3) is 0 Å². The zero-order valence-electron chi connectivity index (χ0n) is 18.5. The van der Waals surface area contributed by atoms with E-state index in [1.165, 1.54) is 17.7 Å². The van der Waals surface area contributed by atoms with Gasteiger partial charge in [0.2, 0.25) is 10.0 Å². The maximum Gasteiger partial charge on any atom is 0.238 e. The van der Waals surface area contributed by atoms with Gasteiger partial charge < -0.3 is 14.8 Å². The van der Waals surface area contributed by atoms with Crippen molar-refractivity contribution in [2.75, 3.05) is 13.2 Å². The number of hydrogen-bond acceptors (Lipinski definition) is 5. The third kappa shape index (κ3) is 6.82. The molecular weight excluding hydrogens is 424 g/mol. The molecule has 0 aromatic heterocycles. The van der Waals surface area contributed by atoms with E-state index in [9.17, 15) is 8.42 Å². The summed E-state index contributed by atoms with van der Waals surface area (Å²) in [5, 5.41) is 8.54. The fourth-order valence-corrected chi connectivity index (χ4v) is 3.80. The van der Waals surface area contributed by atoms with Gasteiger partial charge in [0.1, 0.15) is 6.61 Å². The second kappa shape index (κ2) is 11.1. The van der Waals surface area contributed by atoms with Crippen molar-refractivity contribution in [3.8, 4) is 11.5 Å². The normalized spacial score (nSPS) is 11.3. The molecule has 0 fully saturated rings. The minimum atomic E-state index is -3.65. The number of benzene rings is 3. The van der Waals surface area contributed by atoms with Gasteiger partial charge in [-0.05, 0) is 73.3 Å². The number of sulfonamides is 1. The molecule has 0 aliphatic rings. The minimum absolute atomic E-state index is 0.127. The molecule has 170 valence electrons. The van der Waals surface area contributed by atoms with Crippen LogP contribution in [0.4, 0.5) is 0 Å². The summed E-state index contributed by atoms with van der Waals surface area (Å²) < 4.78 is 34.5. The van der Waals surface area contributed by atoms with Gasteiger partial charge in [-0.25, -0.2) is 13.6 Å². The van der Waals surface area contributed by atoms with Crippen LogP contribution in [0.2, 0.25) is 0 Å². The predicted octanol–water partition coefficient (Wildman–Crippen LogP) is 3.95. The quantitative estimate of drug-likeness (QED) is 0.428. The first-order valence-corrected chi connectivity index (χ1v) is 12.2. The number of ether oxygens (including phenoxy) is 2. The first-order chi connectivity index (χ1) is 15.4. The molecule has 0 saturated heterocycles. The molecule has 0 saturated carbocycles. The van der Waals surface area contributed by atoms with Gasteiger partial charge in [-0.2, -0.15) is 0 Å². The zero-order chi connectivity index (χ0) is 23.0. The Kier molecular flexibility index (Phi) is 8.27. The highest BCUT2D eigenvalue weighted by atomic mass is 32.2. The Bertz CT molecular complexity index is 1130. The molecule has 3 N–H and O–H groups in total. The van der Waals surface area contributed by atoms with Crippen molar-refractivity contribution >= 4 is 10.0 Å².